The van der Waals surface area contributed by atoms with Crippen molar-refractivity contribution in [1.82, 2.24) is 4.90 Å². The first-order chi connectivity index (χ1) is 14.6. The number of aryl methyl sites for hydroxylation is 1. The number of halogens is 1. The summed E-state index contributed by atoms with van der Waals surface area (Å²) >= 11 is 5.97. The number of piperazine rings is 1. The fourth-order valence-corrected chi connectivity index (χ4v) is 5.42. The van der Waals surface area contributed by atoms with Gasteiger partial charge in [0.1, 0.15) is 6.04 Å². The Balaban J connectivity index is 1.78. The van der Waals surface area contributed by atoms with Crippen LogP contribution in [0.25, 0.3) is 0 Å². The number of amides is 1. The molecule has 1 aliphatic rings. The van der Waals surface area contributed by atoms with Gasteiger partial charge in [0.25, 0.3) is 0 Å². The number of benzene rings is 2. The topological polar surface area (TPSA) is 60.9 Å². The lowest BCUT2D eigenvalue weighted by Gasteiger charge is -2.40. The number of hydrogen-bond donors (Lipinski definition) is 0. The van der Waals surface area contributed by atoms with E-state index < -0.39 is 16.1 Å². The fourth-order valence-electron chi connectivity index (χ4n) is 4.09. The second kappa shape index (κ2) is 9.49. The highest BCUT2D eigenvalue weighted by Crippen LogP contribution is 2.27. The molecule has 0 saturated carbocycles. The third-order valence-corrected chi connectivity index (χ3v) is 7.33. The summed E-state index contributed by atoms with van der Waals surface area (Å²) in [6, 6.07) is 12.0. The highest BCUT2D eigenvalue weighted by molar-refractivity contribution is 7.92. The molecule has 0 aromatic heterocycles. The molecule has 1 aliphatic heterocycles. The van der Waals surface area contributed by atoms with Crippen LogP contribution in [0.1, 0.15) is 24.5 Å². The van der Waals surface area contributed by atoms with E-state index in [1.807, 2.05) is 6.92 Å². The van der Waals surface area contributed by atoms with Gasteiger partial charge in [-0.25, -0.2) is 8.42 Å². The largest absolute Gasteiger partial charge is 0.368 e. The average Bonchev–Trinajstić information content (AvgIpc) is 2.74. The van der Waals surface area contributed by atoms with Gasteiger partial charge in [-0.3, -0.25) is 9.10 Å². The van der Waals surface area contributed by atoms with Crippen LogP contribution in [0.5, 0.6) is 0 Å². The van der Waals surface area contributed by atoms with E-state index in [-0.39, 0.29) is 5.91 Å². The molecule has 0 N–H and O–H groups in total. The van der Waals surface area contributed by atoms with Crippen LogP contribution in [-0.2, 0) is 14.8 Å². The van der Waals surface area contributed by atoms with Gasteiger partial charge >= 0.3 is 0 Å². The van der Waals surface area contributed by atoms with Gasteiger partial charge in [0.05, 0.1) is 11.9 Å². The van der Waals surface area contributed by atoms with Crippen molar-refractivity contribution in [2.24, 2.45) is 0 Å². The van der Waals surface area contributed by atoms with Crippen LogP contribution in [0, 0.1) is 13.8 Å². The minimum Gasteiger partial charge on any atom is -0.368 e. The molecule has 2 aromatic rings. The van der Waals surface area contributed by atoms with Crippen LogP contribution in [0.2, 0.25) is 5.02 Å². The van der Waals surface area contributed by atoms with Crippen LogP contribution in [-0.4, -0.2) is 57.7 Å². The SMILES string of the molecule is CCC(C(=O)N1CCN(c2cccc(C)c2C)CC1)N(c1ccc(Cl)cc1)S(C)(=O)=O. The van der Waals surface area contributed by atoms with Gasteiger partial charge < -0.3 is 9.80 Å². The molecule has 6 nitrogen and oxygen atoms in total. The third-order valence-electron chi connectivity index (χ3n) is 5.90. The smallest absolute Gasteiger partial charge is 0.246 e. The molecule has 0 bridgehead atoms. The minimum absolute atomic E-state index is 0.163. The lowest BCUT2D eigenvalue weighted by atomic mass is 10.1. The summed E-state index contributed by atoms with van der Waals surface area (Å²) in [6.07, 6.45) is 1.52. The van der Waals surface area contributed by atoms with Crippen LogP contribution < -0.4 is 9.21 Å². The first-order valence-corrected chi connectivity index (χ1v) is 12.7. The number of sulfonamides is 1. The van der Waals surface area contributed by atoms with Crippen molar-refractivity contribution < 1.29 is 13.2 Å². The zero-order valence-electron chi connectivity index (χ0n) is 18.5. The van der Waals surface area contributed by atoms with Crippen molar-refractivity contribution in [2.45, 2.75) is 33.2 Å². The summed E-state index contributed by atoms with van der Waals surface area (Å²) < 4.78 is 26.5. The van der Waals surface area contributed by atoms with E-state index in [2.05, 4.69) is 36.9 Å². The minimum atomic E-state index is -3.66. The summed E-state index contributed by atoms with van der Waals surface area (Å²) in [6.45, 7) is 8.59. The maximum Gasteiger partial charge on any atom is 0.246 e. The van der Waals surface area contributed by atoms with Crippen molar-refractivity contribution >= 4 is 38.9 Å². The van der Waals surface area contributed by atoms with Crippen LogP contribution in [0.3, 0.4) is 0 Å². The number of anilines is 2. The molecule has 3 rings (SSSR count). The molecule has 1 unspecified atom stereocenters. The molecular formula is C23H30ClN3O3S. The molecule has 168 valence electrons. The van der Waals surface area contributed by atoms with E-state index in [1.54, 1.807) is 29.2 Å². The first kappa shape index (κ1) is 23.4. The van der Waals surface area contributed by atoms with E-state index in [0.717, 1.165) is 6.26 Å². The van der Waals surface area contributed by atoms with Gasteiger partial charge in [-0.05, 0) is 61.7 Å². The number of rotatable bonds is 6. The third kappa shape index (κ3) is 5.15. The quantitative estimate of drug-likeness (QED) is 0.652. The van der Waals surface area contributed by atoms with Crippen molar-refractivity contribution in [3.63, 3.8) is 0 Å². The van der Waals surface area contributed by atoms with Crippen LogP contribution >= 0.6 is 11.6 Å². The maximum atomic E-state index is 13.4. The summed E-state index contributed by atoms with van der Waals surface area (Å²) in [5.74, 6) is -0.163. The Morgan fingerprint density at radius 3 is 2.23 bits per heavy atom. The average molecular weight is 464 g/mol. The van der Waals surface area contributed by atoms with Crippen LogP contribution in [0.4, 0.5) is 11.4 Å². The van der Waals surface area contributed by atoms with E-state index in [9.17, 15) is 13.2 Å². The van der Waals surface area contributed by atoms with Crippen molar-refractivity contribution in [2.75, 3.05) is 41.6 Å². The van der Waals surface area contributed by atoms with E-state index in [0.29, 0.717) is 43.3 Å². The van der Waals surface area contributed by atoms with Gasteiger partial charge in [0, 0.05) is 36.9 Å². The lowest BCUT2D eigenvalue weighted by Crippen LogP contribution is -2.56. The second-order valence-electron chi connectivity index (χ2n) is 7.99. The molecule has 8 heteroatoms. The monoisotopic (exact) mass is 463 g/mol. The predicted molar refractivity (Wildman–Crippen MR) is 128 cm³/mol. The van der Waals surface area contributed by atoms with Gasteiger partial charge in [-0.1, -0.05) is 30.7 Å². The summed E-state index contributed by atoms with van der Waals surface area (Å²) in [7, 11) is -3.66. The normalized spacial score (nSPS) is 15.6. The molecule has 2 aromatic carbocycles. The molecule has 0 spiro atoms. The van der Waals surface area contributed by atoms with Gasteiger partial charge in [-0.15, -0.1) is 0 Å². The zero-order valence-corrected chi connectivity index (χ0v) is 20.1. The zero-order chi connectivity index (χ0) is 22.8. The molecule has 1 fully saturated rings. The Morgan fingerprint density at radius 1 is 1.06 bits per heavy atom. The molecule has 0 aliphatic carbocycles. The van der Waals surface area contributed by atoms with E-state index in [1.165, 1.54) is 21.1 Å². The van der Waals surface area contributed by atoms with Gasteiger partial charge in [0.15, 0.2) is 0 Å². The molecular weight excluding hydrogens is 434 g/mol. The summed E-state index contributed by atoms with van der Waals surface area (Å²) in [5, 5.41) is 0.513. The Bertz CT molecular complexity index is 1030. The Morgan fingerprint density at radius 2 is 1.68 bits per heavy atom. The number of hydrogen-bond acceptors (Lipinski definition) is 4. The Labute approximate surface area is 190 Å². The lowest BCUT2D eigenvalue weighted by molar-refractivity contribution is -0.132. The molecule has 1 heterocycles. The standard InChI is InChI=1S/C23H30ClN3O3S/c1-5-21(27(31(4,29)30)20-11-9-19(24)10-12-20)23(28)26-15-13-25(14-16-26)22-8-6-7-17(2)18(22)3/h6-12,21H,5,13-16H2,1-4H3. The summed E-state index contributed by atoms with van der Waals surface area (Å²) in [4.78, 5) is 17.5. The number of carbonyl (C=O) groups excluding carboxylic acids is 1. The maximum absolute atomic E-state index is 13.4. The van der Waals surface area contributed by atoms with E-state index in [4.69, 9.17) is 11.6 Å². The number of carbonyl (C=O) groups is 1. The molecule has 1 amide bonds. The van der Waals surface area contributed by atoms with Crippen molar-refractivity contribution in [1.29, 1.82) is 0 Å². The molecule has 0 radical (unpaired) electrons. The van der Waals surface area contributed by atoms with Gasteiger partial charge in [-0.2, -0.15) is 0 Å². The highest BCUT2D eigenvalue weighted by Gasteiger charge is 2.35. The Hall–Kier alpha value is -2.25. The van der Waals surface area contributed by atoms with Crippen molar-refractivity contribution in [3.8, 4) is 0 Å². The molecule has 1 atom stereocenters. The van der Waals surface area contributed by atoms with Gasteiger partial charge in [0.2, 0.25) is 15.9 Å². The summed E-state index contributed by atoms with van der Waals surface area (Å²) in [5.41, 5.74) is 4.13. The fraction of sp³-hybridized carbons (Fsp3) is 0.435. The Kier molecular flexibility index (Phi) is 7.17. The molecule has 1 saturated heterocycles. The molecule has 31 heavy (non-hydrogen) atoms. The first-order valence-electron chi connectivity index (χ1n) is 10.5. The van der Waals surface area contributed by atoms with Crippen molar-refractivity contribution in [3.05, 3.63) is 58.6 Å². The second-order valence-corrected chi connectivity index (χ2v) is 10.3. The number of nitrogens with zero attached hydrogens (tertiary/aromatic N) is 3. The highest BCUT2D eigenvalue weighted by atomic mass is 35.5. The van der Waals surface area contributed by atoms with Crippen LogP contribution in [0.15, 0.2) is 42.5 Å². The predicted octanol–water partition coefficient (Wildman–Crippen LogP) is 3.85. The van der Waals surface area contributed by atoms with E-state index >= 15 is 0 Å².